The van der Waals surface area contributed by atoms with Crippen LogP contribution in [0.4, 0.5) is 5.69 Å². The number of nitrogens with zero attached hydrogens (tertiary/aromatic N) is 3. The lowest BCUT2D eigenvalue weighted by atomic mass is 9.95. The van der Waals surface area contributed by atoms with E-state index in [9.17, 15) is 0 Å². The monoisotopic (exact) mass is 268 g/mol. The molecule has 0 unspecified atom stereocenters. The van der Waals surface area contributed by atoms with Gasteiger partial charge in [-0.2, -0.15) is 0 Å². The number of rotatable bonds is 2. The van der Waals surface area contributed by atoms with Crippen molar-refractivity contribution < 1.29 is 0 Å². The fourth-order valence-corrected chi connectivity index (χ4v) is 3.51. The number of benzene rings is 1. The van der Waals surface area contributed by atoms with Crippen molar-refractivity contribution in [2.45, 2.75) is 44.6 Å². The molecule has 20 heavy (non-hydrogen) atoms. The molecule has 2 aliphatic rings. The van der Waals surface area contributed by atoms with Crippen LogP contribution in [-0.4, -0.2) is 21.3 Å². The summed E-state index contributed by atoms with van der Waals surface area (Å²) in [4.78, 5) is 0. The number of hydrogen-bond donors (Lipinski definition) is 1. The minimum Gasteiger partial charge on any atom is -0.384 e. The van der Waals surface area contributed by atoms with E-state index in [1.165, 1.54) is 48.9 Å². The van der Waals surface area contributed by atoms with Gasteiger partial charge in [-0.15, -0.1) is 10.2 Å². The lowest BCUT2D eigenvalue weighted by molar-refractivity contribution is 0.355. The zero-order valence-electron chi connectivity index (χ0n) is 11.7. The highest BCUT2D eigenvalue weighted by atomic mass is 15.3. The second-order valence-electron chi connectivity index (χ2n) is 5.90. The third-order valence-corrected chi connectivity index (χ3v) is 4.62. The highest BCUT2D eigenvalue weighted by molar-refractivity contribution is 5.67. The first-order valence-corrected chi connectivity index (χ1v) is 7.68. The molecule has 1 fully saturated rings. The molecule has 4 nitrogen and oxygen atoms in total. The summed E-state index contributed by atoms with van der Waals surface area (Å²) in [6.45, 7) is 1.05. The van der Waals surface area contributed by atoms with E-state index in [0.29, 0.717) is 6.04 Å². The number of hydrogen-bond acceptors (Lipinski definition) is 3. The Kier molecular flexibility index (Phi) is 2.94. The van der Waals surface area contributed by atoms with Gasteiger partial charge in [0.1, 0.15) is 6.33 Å². The molecule has 104 valence electrons. The lowest BCUT2D eigenvalue weighted by Gasteiger charge is -2.24. The van der Waals surface area contributed by atoms with Crippen LogP contribution in [0.5, 0.6) is 0 Å². The Morgan fingerprint density at radius 1 is 1.15 bits per heavy atom. The molecule has 4 heteroatoms. The molecule has 1 N–H and O–H groups in total. The molecule has 2 heterocycles. The molecule has 0 amide bonds. The number of anilines is 1. The van der Waals surface area contributed by atoms with E-state index in [0.717, 1.165) is 18.8 Å². The van der Waals surface area contributed by atoms with Crippen LogP contribution in [0.15, 0.2) is 24.5 Å². The minimum absolute atomic E-state index is 0.579. The van der Waals surface area contributed by atoms with Crippen LogP contribution in [0.2, 0.25) is 0 Å². The van der Waals surface area contributed by atoms with Gasteiger partial charge in [0, 0.05) is 23.8 Å². The summed E-state index contributed by atoms with van der Waals surface area (Å²) in [5, 5.41) is 12.0. The van der Waals surface area contributed by atoms with Gasteiger partial charge in [0.25, 0.3) is 0 Å². The zero-order valence-corrected chi connectivity index (χ0v) is 11.7. The van der Waals surface area contributed by atoms with Crippen molar-refractivity contribution in [1.82, 2.24) is 14.8 Å². The standard InChI is InChI=1S/C16H20N4/c1-2-4-14(5-3-1)20-11-18-19-16(20)13-7-6-12-8-9-17-15(12)10-13/h6-7,10-11,14,17H,1-5,8-9H2. The van der Waals surface area contributed by atoms with Crippen LogP contribution in [0.1, 0.15) is 43.7 Å². The average Bonchev–Trinajstić information content (AvgIpc) is 3.16. The summed E-state index contributed by atoms with van der Waals surface area (Å²) in [5.41, 5.74) is 3.86. The Morgan fingerprint density at radius 3 is 2.95 bits per heavy atom. The van der Waals surface area contributed by atoms with E-state index in [1.54, 1.807) is 0 Å². The molecule has 0 radical (unpaired) electrons. The quantitative estimate of drug-likeness (QED) is 0.907. The van der Waals surface area contributed by atoms with Crippen LogP contribution in [0.25, 0.3) is 11.4 Å². The van der Waals surface area contributed by atoms with Crippen molar-refractivity contribution in [3.05, 3.63) is 30.1 Å². The first-order valence-electron chi connectivity index (χ1n) is 7.68. The molecule has 0 atom stereocenters. The van der Waals surface area contributed by atoms with Crippen molar-refractivity contribution in [3.63, 3.8) is 0 Å². The van der Waals surface area contributed by atoms with Crippen LogP contribution >= 0.6 is 0 Å². The highest BCUT2D eigenvalue weighted by Gasteiger charge is 2.20. The summed E-state index contributed by atoms with van der Waals surface area (Å²) < 4.78 is 2.29. The molecule has 0 saturated heterocycles. The Morgan fingerprint density at radius 2 is 2.05 bits per heavy atom. The molecule has 1 saturated carbocycles. The Hall–Kier alpha value is -1.84. The topological polar surface area (TPSA) is 42.7 Å². The molecule has 2 aromatic rings. The smallest absolute Gasteiger partial charge is 0.164 e. The third kappa shape index (κ3) is 1.99. The van der Waals surface area contributed by atoms with Gasteiger partial charge in [-0.3, -0.25) is 0 Å². The van der Waals surface area contributed by atoms with Gasteiger partial charge >= 0.3 is 0 Å². The number of fused-ring (bicyclic) bond motifs is 1. The van der Waals surface area contributed by atoms with Gasteiger partial charge < -0.3 is 9.88 Å². The number of nitrogens with one attached hydrogen (secondary N) is 1. The molecule has 1 aromatic heterocycles. The lowest BCUT2D eigenvalue weighted by Crippen LogP contribution is -2.13. The van der Waals surface area contributed by atoms with E-state index < -0.39 is 0 Å². The number of aromatic nitrogens is 3. The molecule has 1 aromatic carbocycles. The maximum absolute atomic E-state index is 4.37. The van der Waals surface area contributed by atoms with Gasteiger partial charge in [0.2, 0.25) is 0 Å². The van der Waals surface area contributed by atoms with Crippen molar-refractivity contribution >= 4 is 5.69 Å². The van der Waals surface area contributed by atoms with Crippen molar-refractivity contribution in [2.75, 3.05) is 11.9 Å². The van der Waals surface area contributed by atoms with Crippen LogP contribution in [-0.2, 0) is 6.42 Å². The van der Waals surface area contributed by atoms with E-state index >= 15 is 0 Å². The maximum Gasteiger partial charge on any atom is 0.164 e. The predicted molar refractivity (Wildman–Crippen MR) is 79.8 cm³/mol. The first-order chi connectivity index (χ1) is 9.92. The van der Waals surface area contributed by atoms with E-state index in [1.807, 2.05) is 6.33 Å². The second kappa shape index (κ2) is 4.93. The summed E-state index contributed by atoms with van der Waals surface area (Å²) >= 11 is 0. The summed E-state index contributed by atoms with van der Waals surface area (Å²) in [6, 6.07) is 7.22. The highest BCUT2D eigenvalue weighted by Crippen LogP contribution is 2.33. The molecule has 1 aliphatic heterocycles. The largest absolute Gasteiger partial charge is 0.384 e. The average molecular weight is 268 g/mol. The van der Waals surface area contributed by atoms with Crippen LogP contribution < -0.4 is 5.32 Å². The molecule has 1 aliphatic carbocycles. The second-order valence-corrected chi connectivity index (χ2v) is 5.90. The first kappa shape index (κ1) is 11.9. The summed E-state index contributed by atoms with van der Waals surface area (Å²) in [7, 11) is 0. The molecular weight excluding hydrogens is 248 g/mol. The SMILES string of the molecule is c1cc2c(cc1-c1nncn1C1CCCCC1)NCC2. The Labute approximate surface area is 119 Å². The van der Waals surface area contributed by atoms with Gasteiger partial charge in [0.15, 0.2) is 5.82 Å². The van der Waals surface area contributed by atoms with E-state index in [2.05, 4.69) is 38.3 Å². The summed E-state index contributed by atoms with van der Waals surface area (Å²) in [6.07, 6.45) is 9.58. The zero-order chi connectivity index (χ0) is 13.4. The van der Waals surface area contributed by atoms with E-state index in [-0.39, 0.29) is 0 Å². The van der Waals surface area contributed by atoms with Gasteiger partial charge in [0.05, 0.1) is 0 Å². The van der Waals surface area contributed by atoms with Crippen molar-refractivity contribution in [1.29, 1.82) is 0 Å². The molecule has 0 spiro atoms. The van der Waals surface area contributed by atoms with Gasteiger partial charge in [-0.25, -0.2) is 0 Å². The minimum atomic E-state index is 0.579. The third-order valence-electron chi connectivity index (χ3n) is 4.62. The Bertz CT molecular complexity index is 611. The van der Waals surface area contributed by atoms with E-state index in [4.69, 9.17) is 0 Å². The predicted octanol–water partition coefficient (Wildman–Crippen LogP) is 3.42. The van der Waals surface area contributed by atoms with Crippen LogP contribution in [0.3, 0.4) is 0 Å². The van der Waals surface area contributed by atoms with Gasteiger partial charge in [-0.05, 0) is 30.9 Å². The molecular formula is C16H20N4. The maximum atomic E-state index is 4.37. The normalized spacial score (nSPS) is 18.8. The molecule has 4 rings (SSSR count). The Balaban J connectivity index is 1.70. The van der Waals surface area contributed by atoms with Crippen LogP contribution in [0, 0.1) is 0 Å². The van der Waals surface area contributed by atoms with Gasteiger partial charge in [-0.1, -0.05) is 31.4 Å². The summed E-state index contributed by atoms with van der Waals surface area (Å²) in [5.74, 6) is 1.02. The molecule has 0 bridgehead atoms. The van der Waals surface area contributed by atoms with Crippen molar-refractivity contribution in [2.24, 2.45) is 0 Å². The van der Waals surface area contributed by atoms with Crippen molar-refractivity contribution in [3.8, 4) is 11.4 Å². The fraction of sp³-hybridized carbons (Fsp3) is 0.500. The fourth-order valence-electron chi connectivity index (χ4n) is 3.51.